The molecule has 0 rings (SSSR count). The minimum atomic E-state index is -1.67. The molecule has 0 saturated heterocycles. The largest absolute Gasteiger partial charge is 0.480 e. The van der Waals surface area contributed by atoms with E-state index in [-0.39, 0.29) is 37.5 Å². The molecule has 0 radical (unpaired) electrons. The van der Waals surface area contributed by atoms with Crippen LogP contribution in [0.15, 0.2) is 0 Å². The van der Waals surface area contributed by atoms with Gasteiger partial charge in [-0.1, -0.05) is 54.4 Å². The van der Waals surface area contributed by atoms with Gasteiger partial charge in [-0.15, -0.1) is 0 Å². The summed E-state index contributed by atoms with van der Waals surface area (Å²) in [6, 6.07) is -10.8. The maximum Gasteiger partial charge on any atom is 0.326 e. The fraction of sp³-hybridized carbons (Fsp3) is 0.733. The number of nitrogens with two attached hydrogens (primary N) is 3. The lowest BCUT2D eigenvalue weighted by atomic mass is 9.94. The Hall–Kier alpha value is -6.33. The van der Waals surface area contributed by atoms with Crippen LogP contribution in [0.4, 0.5) is 0 Å². The molecule has 0 spiro atoms. The highest BCUT2D eigenvalue weighted by Crippen LogP contribution is 2.13. The summed E-state index contributed by atoms with van der Waals surface area (Å²) in [7, 11) is -1.32. The smallest absolute Gasteiger partial charge is 0.326 e. The highest BCUT2D eigenvalue weighted by atomic mass is 32.2. The predicted octanol–water partition coefficient (Wildman–Crippen LogP) is -5.94. The number of rotatable bonds is 37. The SMILES string of the molecule is CC[C@H](C)[C@H](NC(=O)[C@H](C)NC(=O)CNC(=O)[C@H](CCCCN)NC(=O)[C@H](CC(N)=O)NC(=O)[C@H](CO)NC(=O)CN)C(=O)N[C@H](C(=O)NCC(=O)N[C@@H](CC(C)C)C(=O)N[C@@H](CCS(C)=O)C(=O)O)[C@@H](C)CC. The lowest BCUT2D eigenvalue weighted by molar-refractivity contribution is -0.142. The zero-order valence-corrected chi connectivity index (χ0v) is 44.4. The van der Waals surface area contributed by atoms with Gasteiger partial charge >= 0.3 is 5.97 Å². The number of amides is 11. The average molecular weight is 1080 g/mol. The van der Waals surface area contributed by atoms with Crippen LogP contribution in [0.3, 0.4) is 0 Å². The molecule has 0 aliphatic carbocycles. The van der Waals surface area contributed by atoms with Crippen LogP contribution >= 0.6 is 0 Å². The van der Waals surface area contributed by atoms with Gasteiger partial charge in [-0.3, -0.25) is 56.9 Å². The van der Waals surface area contributed by atoms with Gasteiger partial charge in [0.05, 0.1) is 32.7 Å². The zero-order valence-electron chi connectivity index (χ0n) is 43.6. The van der Waals surface area contributed by atoms with Crippen molar-refractivity contribution in [3.63, 3.8) is 0 Å². The van der Waals surface area contributed by atoms with E-state index in [1.54, 1.807) is 41.5 Å². The van der Waals surface area contributed by atoms with E-state index in [4.69, 9.17) is 17.2 Å². The summed E-state index contributed by atoms with van der Waals surface area (Å²) in [4.78, 5) is 155. The van der Waals surface area contributed by atoms with Gasteiger partial charge in [0.15, 0.2) is 0 Å². The first-order chi connectivity index (χ1) is 34.6. The number of nitrogens with one attached hydrogen (secondary N) is 10. The molecule has 74 heavy (non-hydrogen) atoms. The minimum Gasteiger partial charge on any atom is -0.480 e. The number of carbonyl (C=O) groups excluding carboxylic acids is 11. The molecule has 0 aliphatic heterocycles. The molecule has 1 unspecified atom stereocenters. The summed E-state index contributed by atoms with van der Waals surface area (Å²) >= 11 is 0. The monoisotopic (exact) mass is 1080 g/mol. The summed E-state index contributed by atoms with van der Waals surface area (Å²) in [6.45, 7) is 9.19. The Morgan fingerprint density at radius 1 is 0.541 bits per heavy atom. The standard InChI is InChI=1S/C45H81N13O15S/c1-9-24(5)36(43(69)50-21-35(63)52-29(17-23(3)4)40(66)55-28(45(71)72)14-16-74(8)73)58-44(70)37(25(6)10-2)57-38(64)26(7)51-34(62)20-49-39(65)27(13-11-12-15-46)54-41(67)30(18-32(48)60)56-42(68)31(22-59)53-33(61)19-47/h23-31,36-37,59H,9-22,46-47H2,1-8H3,(H2,48,60)(H,49,65)(H,50,69)(H,51,62)(H,52,63)(H,53,61)(H,54,67)(H,55,66)(H,56,68)(H,57,64)(H,58,70)(H,71,72)/t24-,25-,26-,27-,28-,29-,30-,31-,36-,37-,74?/m0/s1. The van der Waals surface area contributed by atoms with Crippen molar-refractivity contribution in [3.05, 3.63) is 0 Å². The van der Waals surface area contributed by atoms with E-state index >= 15 is 0 Å². The number of primary amides is 1. The molecule has 422 valence electrons. The van der Waals surface area contributed by atoms with E-state index in [2.05, 4.69) is 53.2 Å². The molecule has 28 nitrogen and oxygen atoms in total. The molecular formula is C45H81N13O15S. The van der Waals surface area contributed by atoms with Crippen molar-refractivity contribution in [2.75, 3.05) is 44.8 Å². The Bertz CT molecular complexity index is 1960. The molecule has 11 amide bonds. The van der Waals surface area contributed by atoms with Crippen LogP contribution < -0.4 is 70.4 Å². The fourth-order valence-corrected chi connectivity index (χ4v) is 7.34. The van der Waals surface area contributed by atoms with E-state index in [0.717, 1.165) is 0 Å². The Morgan fingerprint density at radius 2 is 1.03 bits per heavy atom. The molecule has 0 aromatic rings. The third-order valence-corrected chi connectivity index (χ3v) is 12.3. The first kappa shape index (κ1) is 67.7. The van der Waals surface area contributed by atoms with Crippen LogP contribution in [-0.4, -0.2) is 178 Å². The molecular weight excluding hydrogens is 995 g/mol. The van der Waals surface area contributed by atoms with E-state index in [1.165, 1.54) is 13.2 Å². The van der Waals surface area contributed by atoms with Gasteiger partial charge in [0.25, 0.3) is 0 Å². The Morgan fingerprint density at radius 3 is 1.53 bits per heavy atom. The quantitative estimate of drug-likeness (QED) is 0.0258. The lowest BCUT2D eigenvalue weighted by Crippen LogP contribution is -2.60. The number of carboxylic acids is 1. The maximum absolute atomic E-state index is 13.9. The van der Waals surface area contributed by atoms with Gasteiger partial charge < -0.3 is 80.6 Å². The topological polar surface area (TPSA) is 461 Å². The second-order valence-corrected chi connectivity index (χ2v) is 19.8. The first-order valence-corrected chi connectivity index (χ1v) is 26.2. The molecule has 0 heterocycles. The highest BCUT2D eigenvalue weighted by molar-refractivity contribution is 7.84. The van der Waals surface area contributed by atoms with Gasteiger partial charge in [-0.25, -0.2) is 4.79 Å². The van der Waals surface area contributed by atoms with Crippen LogP contribution in [0.5, 0.6) is 0 Å². The van der Waals surface area contributed by atoms with Crippen molar-refractivity contribution in [2.45, 2.75) is 148 Å². The molecule has 29 heteroatoms. The van der Waals surface area contributed by atoms with Crippen LogP contribution in [0.2, 0.25) is 0 Å². The summed E-state index contributed by atoms with van der Waals surface area (Å²) in [5.74, 6) is -12.1. The number of carboxylic acid groups (broad SMARTS) is 1. The Balaban J connectivity index is 5.92. The van der Waals surface area contributed by atoms with Crippen molar-refractivity contribution >= 4 is 81.7 Å². The summed E-state index contributed by atoms with van der Waals surface area (Å²) in [6.07, 6.45) is 2.12. The van der Waals surface area contributed by atoms with Gasteiger partial charge in [-0.2, -0.15) is 0 Å². The Kier molecular flexibility index (Phi) is 32.7. The lowest BCUT2D eigenvalue weighted by Gasteiger charge is -2.29. The molecule has 0 aromatic carbocycles. The van der Waals surface area contributed by atoms with E-state index in [1.807, 2.05) is 0 Å². The van der Waals surface area contributed by atoms with Crippen molar-refractivity contribution in [3.8, 4) is 0 Å². The molecule has 0 aromatic heterocycles. The average Bonchev–Trinajstić information content (AvgIpc) is 3.33. The van der Waals surface area contributed by atoms with Gasteiger partial charge in [0, 0.05) is 22.8 Å². The number of hydrogen-bond acceptors (Lipinski definition) is 16. The second kappa shape index (κ2) is 35.8. The second-order valence-electron chi connectivity index (χ2n) is 18.3. The third-order valence-electron chi connectivity index (χ3n) is 11.5. The van der Waals surface area contributed by atoms with Crippen molar-refractivity contribution in [2.24, 2.45) is 35.0 Å². The number of aliphatic carboxylic acids is 1. The van der Waals surface area contributed by atoms with Gasteiger partial charge in [-0.05, 0) is 63.3 Å². The van der Waals surface area contributed by atoms with Crippen LogP contribution in [-0.2, 0) is 68.3 Å². The molecule has 0 bridgehead atoms. The molecule has 11 atom stereocenters. The minimum absolute atomic E-state index is 0.0166. The maximum atomic E-state index is 13.9. The van der Waals surface area contributed by atoms with Gasteiger partial charge in [0.2, 0.25) is 65.0 Å². The number of hydrogen-bond donors (Lipinski definition) is 15. The third kappa shape index (κ3) is 26.6. The van der Waals surface area contributed by atoms with E-state index < -0.39 is 175 Å². The van der Waals surface area contributed by atoms with Crippen molar-refractivity contribution < 1.29 is 72.0 Å². The fourth-order valence-electron chi connectivity index (χ4n) is 6.78. The van der Waals surface area contributed by atoms with E-state index in [9.17, 15) is 72.0 Å². The molecule has 0 aliphatic rings. The first-order valence-electron chi connectivity index (χ1n) is 24.4. The summed E-state index contributed by atoms with van der Waals surface area (Å²) in [5.41, 5.74) is 16.1. The number of unbranched alkanes of at least 4 members (excludes halogenated alkanes) is 1. The molecule has 0 saturated carbocycles. The van der Waals surface area contributed by atoms with E-state index in [0.29, 0.717) is 25.7 Å². The summed E-state index contributed by atoms with van der Waals surface area (Å²) < 4.78 is 11.5. The van der Waals surface area contributed by atoms with Crippen molar-refractivity contribution in [1.82, 2.24) is 53.2 Å². The molecule has 0 fully saturated rings. The molecule has 18 N–H and O–H groups in total. The zero-order chi connectivity index (χ0) is 56.8. The normalized spacial score (nSPS) is 15.5. The van der Waals surface area contributed by atoms with Gasteiger partial charge in [0.1, 0.15) is 48.3 Å². The highest BCUT2D eigenvalue weighted by Gasteiger charge is 2.35. The van der Waals surface area contributed by atoms with Crippen LogP contribution in [0, 0.1) is 17.8 Å². The van der Waals surface area contributed by atoms with Crippen molar-refractivity contribution in [1.29, 1.82) is 0 Å². The predicted molar refractivity (Wildman–Crippen MR) is 270 cm³/mol. The number of carbonyl (C=O) groups is 12. The Labute approximate surface area is 433 Å². The summed E-state index contributed by atoms with van der Waals surface area (Å²) in [5, 5.41) is 43.3. The number of aliphatic hydroxyl groups is 1. The number of aliphatic hydroxyl groups excluding tert-OH is 1. The van der Waals surface area contributed by atoms with Crippen LogP contribution in [0.25, 0.3) is 0 Å². The van der Waals surface area contributed by atoms with Crippen LogP contribution in [0.1, 0.15) is 99.8 Å².